The number of carbonyl (C=O) groups is 1. The van der Waals surface area contributed by atoms with Gasteiger partial charge in [-0.05, 0) is 25.9 Å². The van der Waals surface area contributed by atoms with Crippen LogP contribution in [-0.4, -0.2) is 48.9 Å². The Morgan fingerprint density at radius 2 is 2.10 bits per heavy atom. The van der Waals surface area contributed by atoms with Gasteiger partial charge in [0.2, 0.25) is 0 Å². The summed E-state index contributed by atoms with van der Waals surface area (Å²) in [5, 5.41) is 19.1. The summed E-state index contributed by atoms with van der Waals surface area (Å²) in [7, 11) is 1.77. The molecule has 1 saturated heterocycles. The first-order valence-corrected chi connectivity index (χ1v) is 6.73. The highest BCUT2D eigenvalue weighted by molar-refractivity contribution is 5.95. The third-order valence-corrected chi connectivity index (χ3v) is 3.47. The van der Waals surface area contributed by atoms with Crippen LogP contribution in [0.2, 0.25) is 0 Å². The molecule has 0 unspecified atom stereocenters. The summed E-state index contributed by atoms with van der Waals surface area (Å²) < 4.78 is 3.39. The topological polar surface area (TPSA) is 90.5 Å². The van der Waals surface area contributed by atoms with Crippen LogP contribution >= 0.6 is 0 Å². The molecule has 0 atom stereocenters. The predicted octanol–water partition coefficient (Wildman–Crippen LogP) is -0.244. The maximum absolute atomic E-state index is 12.1. The summed E-state index contributed by atoms with van der Waals surface area (Å²) in [6.07, 6.45) is 5.71. The minimum atomic E-state index is -0.0781. The lowest BCUT2D eigenvalue weighted by Crippen LogP contribution is -2.29. The third-order valence-electron chi connectivity index (χ3n) is 3.47. The molecule has 3 rings (SSSR count). The van der Waals surface area contributed by atoms with Crippen molar-refractivity contribution >= 4 is 5.78 Å². The molecule has 0 saturated carbocycles. The Labute approximate surface area is 116 Å². The molecule has 0 aromatic carbocycles. The van der Waals surface area contributed by atoms with Crippen LogP contribution in [0.15, 0.2) is 12.4 Å². The van der Waals surface area contributed by atoms with Crippen LogP contribution in [0, 0.1) is 0 Å². The van der Waals surface area contributed by atoms with Gasteiger partial charge in [-0.1, -0.05) is 10.4 Å². The second-order valence-corrected chi connectivity index (χ2v) is 5.05. The van der Waals surface area contributed by atoms with Crippen LogP contribution in [0.25, 0.3) is 0 Å². The van der Waals surface area contributed by atoms with Crippen LogP contribution in [0.5, 0.6) is 0 Å². The highest BCUT2D eigenvalue weighted by atomic mass is 16.1. The summed E-state index contributed by atoms with van der Waals surface area (Å²) in [5.41, 5.74) is 1.04. The lowest BCUT2D eigenvalue weighted by atomic mass is 10.1. The molecule has 20 heavy (non-hydrogen) atoms. The quantitative estimate of drug-likeness (QED) is 0.774. The molecule has 0 bridgehead atoms. The van der Waals surface area contributed by atoms with Crippen LogP contribution in [0.1, 0.15) is 35.1 Å². The van der Waals surface area contributed by atoms with Gasteiger partial charge in [0.15, 0.2) is 5.78 Å². The van der Waals surface area contributed by atoms with E-state index in [9.17, 15) is 4.79 Å². The van der Waals surface area contributed by atoms with Crippen molar-refractivity contribution in [2.45, 2.75) is 25.3 Å². The minimum absolute atomic E-state index is 0.0781. The molecule has 0 aliphatic carbocycles. The molecule has 0 radical (unpaired) electrons. The largest absolute Gasteiger partial charge is 0.317 e. The zero-order valence-corrected chi connectivity index (χ0v) is 11.4. The van der Waals surface area contributed by atoms with Crippen LogP contribution in [0.4, 0.5) is 0 Å². The Kier molecular flexibility index (Phi) is 3.55. The monoisotopic (exact) mass is 275 g/mol. The smallest absolute Gasteiger partial charge is 0.190 e. The van der Waals surface area contributed by atoms with Crippen molar-refractivity contribution in [1.29, 1.82) is 0 Å². The van der Waals surface area contributed by atoms with Gasteiger partial charge in [0.05, 0.1) is 24.4 Å². The number of aryl methyl sites for hydroxylation is 1. The summed E-state index contributed by atoms with van der Waals surface area (Å²) >= 11 is 0. The van der Waals surface area contributed by atoms with Gasteiger partial charge in [-0.25, -0.2) is 4.68 Å². The first-order valence-electron chi connectivity index (χ1n) is 6.73. The Hall–Kier alpha value is -2.09. The van der Waals surface area contributed by atoms with Crippen molar-refractivity contribution in [2.24, 2.45) is 7.05 Å². The summed E-state index contributed by atoms with van der Waals surface area (Å²) in [4.78, 5) is 12.1. The van der Waals surface area contributed by atoms with Gasteiger partial charge in [-0.3, -0.25) is 9.48 Å². The van der Waals surface area contributed by atoms with Gasteiger partial charge in [0.1, 0.15) is 5.69 Å². The lowest BCUT2D eigenvalue weighted by molar-refractivity contribution is 0.0987. The fourth-order valence-electron chi connectivity index (χ4n) is 2.39. The first kappa shape index (κ1) is 12.9. The number of rotatable bonds is 4. The maximum Gasteiger partial charge on any atom is 0.190 e. The molecule has 106 valence electrons. The standard InChI is InChI=1S/C12H17N7O/c1-18-7-9(14-16-18)6-12(20)11-8-19(17-15-11)10-2-4-13-5-3-10/h7-8,10,13H,2-6H2,1H3. The first-order chi connectivity index (χ1) is 9.72. The molecule has 0 spiro atoms. The highest BCUT2D eigenvalue weighted by Gasteiger charge is 2.19. The van der Waals surface area contributed by atoms with E-state index in [0.29, 0.717) is 17.4 Å². The van der Waals surface area contributed by atoms with E-state index in [4.69, 9.17) is 0 Å². The van der Waals surface area contributed by atoms with E-state index in [2.05, 4.69) is 25.9 Å². The Morgan fingerprint density at radius 1 is 1.30 bits per heavy atom. The lowest BCUT2D eigenvalue weighted by Gasteiger charge is -2.22. The Bertz CT molecular complexity index is 596. The molecule has 8 heteroatoms. The zero-order chi connectivity index (χ0) is 13.9. The summed E-state index contributed by atoms with van der Waals surface area (Å²) in [6, 6.07) is 0.335. The van der Waals surface area contributed by atoms with E-state index in [1.54, 1.807) is 24.1 Å². The number of Topliss-reactive ketones (excluding diaryl/α,β-unsaturated/α-hetero) is 1. The number of carbonyl (C=O) groups excluding carboxylic acids is 1. The van der Waals surface area contributed by atoms with Gasteiger partial charge in [0.25, 0.3) is 0 Å². The molecule has 1 aliphatic rings. The molecular formula is C12H17N7O. The SMILES string of the molecule is Cn1cc(CC(=O)c2cn(C3CCNCC3)nn2)nn1. The fourth-order valence-corrected chi connectivity index (χ4v) is 2.39. The Morgan fingerprint density at radius 3 is 2.80 bits per heavy atom. The number of nitrogens with one attached hydrogen (secondary N) is 1. The predicted molar refractivity (Wildman–Crippen MR) is 70.2 cm³/mol. The highest BCUT2D eigenvalue weighted by Crippen LogP contribution is 2.17. The van der Waals surface area contributed by atoms with E-state index >= 15 is 0 Å². The molecule has 0 amide bonds. The molecule has 8 nitrogen and oxygen atoms in total. The average Bonchev–Trinajstić information content (AvgIpc) is 3.09. The summed E-state index contributed by atoms with van der Waals surface area (Å²) in [5.74, 6) is -0.0781. The van der Waals surface area contributed by atoms with Gasteiger partial charge in [-0.15, -0.1) is 10.2 Å². The van der Waals surface area contributed by atoms with Crippen molar-refractivity contribution in [3.63, 3.8) is 0 Å². The fraction of sp³-hybridized carbons (Fsp3) is 0.583. The second kappa shape index (κ2) is 5.49. The van der Waals surface area contributed by atoms with Crippen molar-refractivity contribution in [2.75, 3.05) is 13.1 Å². The number of hydrogen-bond acceptors (Lipinski definition) is 6. The summed E-state index contributed by atoms with van der Waals surface area (Å²) in [6.45, 7) is 1.96. The van der Waals surface area contributed by atoms with E-state index in [0.717, 1.165) is 25.9 Å². The molecule has 2 aromatic rings. The molecule has 1 aliphatic heterocycles. The molecule has 2 aromatic heterocycles. The molecule has 1 N–H and O–H groups in total. The number of piperidine rings is 1. The normalized spacial score (nSPS) is 16.4. The van der Waals surface area contributed by atoms with E-state index in [1.165, 1.54) is 0 Å². The van der Waals surface area contributed by atoms with Crippen molar-refractivity contribution in [1.82, 2.24) is 35.3 Å². The molecular weight excluding hydrogens is 258 g/mol. The zero-order valence-electron chi connectivity index (χ0n) is 11.4. The minimum Gasteiger partial charge on any atom is -0.317 e. The van der Waals surface area contributed by atoms with E-state index < -0.39 is 0 Å². The van der Waals surface area contributed by atoms with Crippen LogP contribution < -0.4 is 5.32 Å². The van der Waals surface area contributed by atoms with Crippen molar-refractivity contribution in [3.05, 3.63) is 23.8 Å². The van der Waals surface area contributed by atoms with E-state index in [1.807, 2.05) is 4.68 Å². The van der Waals surface area contributed by atoms with Crippen molar-refractivity contribution in [3.8, 4) is 0 Å². The molecule has 1 fully saturated rings. The van der Waals surface area contributed by atoms with Gasteiger partial charge < -0.3 is 5.32 Å². The van der Waals surface area contributed by atoms with Gasteiger partial charge in [0, 0.05) is 13.2 Å². The number of nitrogens with zero attached hydrogens (tertiary/aromatic N) is 6. The number of ketones is 1. The second-order valence-electron chi connectivity index (χ2n) is 5.05. The van der Waals surface area contributed by atoms with E-state index in [-0.39, 0.29) is 12.2 Å². The van der Waals surface area contributed by atoms with Crippen LogP contribution in [-0.2, 0) is 13.5 Å². The Balaban J connectivity index is 1.67. The van der Waals surface area contributed by atoms with Gasteiger partial charge in [-0.2, -0.15) is 0 Å². The van der Waals surface area contributed by atoms with Crippen molar-refractivity contribution < 1.29 is 4.79 Å². The number of aromatic nitrogens is 6. The van der Waals surface area contributed by atoms with Gasteiger partial charge >= 0.3 is 0 Å². The maximum atomic E-state index is 12.1. The average molecular weight is 275 g/mol. The third kappa shape index (κ3) is 2.74. The van der Waals surface area contributed by atoms with Crippen LogP contribution in [0.3, 0.4) is 0 Å². The number of hydrogen-bond donors (Lipinski definition) is 1. The molecule has 3 heterocycles.